The Kier molecular flexibility index (Phi) is 6.19. The van der Waals surface area contributed by atoms with Crippen molar-refractivity contribution in [3.63, 3.8) is 0 Å². The van der Waals surface area contributed by atoms with Gasteiger partial charge in [-0.2, -0.15) is 13.2 Å². The number of rotatable bonds is 6. The van der Waals surface area contributed by atoms with Crippen LogP contribution in [0.1, 0.15) is 15.9 Å². The molecule has 6 nitrogen and oxygen atoms in total. The Morgan fingerprint density at radius 1 is 1.06 bits per heavy atom. The van der Waals surface area contributed by atoms with Crippen molar-refractivity contribution in [1.82, 2.24) is 10.3 Å². The highest BCUT2D eigenvalue weighted by Gasteiger charge is 2.30. The minimum Gasteiger partial charge on any atom is -0.480 e. The van der Waals surface area contributed by atoms with Gasteiger partial charge in [0, 0.05) is 11.8 Å². The number of benzene rings is 2. The van der Waals surface area contributed by atoms with Gasteiger partial charge in [-0.3, -0.25) is 9.59 Å². The molecule has 1 amide bonds. The molecular weight excluding hydrogens is 420 g/mol. The van der Waals surface area contributed by atoms with Crippen LogP contribution in [0.25, 0.3) is 11.1 Å². The first-order chi connectivity index (χ1) is 14.6. The van der Waals surface area contributed by atoms with Crippen LogP contribution >= 0.6 is 0 Å². The zero-order valence-electron chi connectivity index (χ0n) is 15.6. The minimum atomic E-state index is -4.51. The van der Waals surface area contributed by atoms with Gasteiger partial charge in [0.05, 0.1) is 11.1 Å². The minimum absolute atomic E-state index is 0.0136. The van der Waals surface area contributed by atoms with Crippen LogP contribution < -0.4 is 10.1 Å². The van der Waals surface area contributed by atoms with Crippen molar-refractivity contribution in [3.05, 3.63) is 77.7 Å². The number of nitrogens with zero attached hydrogens (tertiary/aromatic N) is 1. The second-order valence-corrected chi connectivity index (χ2v) is 6.29. The summed E-state index contributed by atoms with van der Waals surface area (Å²) in [6.07, 6.45) is -3.39. The Bertz CT molecular complexity index is 1120. The zero-order valence-corrected chi connectivity index (χ0v) is 15.6. The summed E-state index contributed by atoms with van der Waals surface area (Å²) in [6, 6.07) is 10.5. The van der Waals surface area contributed by atoms with Crippen molar-refractivity contribution in [2.24, 2.45) is 0 Å². The summed E-state index contributed by atoms with van der Waals surface area (Å²) < 4.78 is 57.5. The number of aromatic nitrogens is 1. The molecule has 0 radical (unpaired) electrons. The number of alkyl halides is 3. The molecule has 0 aliphatic heterocycles. The van der Waals surface area contributed by atoms with Crippen LogP contribution in [0.3, 0.4) is 0 Å². The molecule has 3 aromatic rings. The molecule has 1 aromatic heterocycles. The van der Waals surface area contributed by atoms with Crippen LogP contribution in [0.15, 0.2) is 60.8 Å². The normalized spacial score (nSPS) is 11.1. The molecule has 0 aliphatic carbocycles. The summed E-state index contributed by atoms with van der Waals surface area (Å²) in [5.74, 6) is -2.58. The fraction of sp³-hybridized carbons (Fsp3) is 0.0952. The maximum absolute atomic E-state index is 13.7. The van der Waals surface area contributed by atoms with Gasteiger partial charge in [0.25, 0.3) is 5.91 Å². The van der Waals surface area contributed by atoms with Gasteiger partial charge < -0.3 is 15.2 Å². The quantitative estimate of drug-likeness (QED) is 0.558. The molecule has 3 rings (SSSR count). The van der Waals surface area contributed by atoms with Crippen LogP contribution in [0.4, 0.5) is 17.6 Å². The van der Waals surface area contributed by atoms with Crippen LogP contribution in [-0.4, -0.2) is 28.5 Å². The molecule has 2 N–H and O–H groups in total. The summed E-state index contributed by atoms with van der Waals surface area (Å²) in [5.41, 5.74) is -0.395. The first-order valence-electron chi connectivity index (χ1n) is 8.74. The highest BCUT2D eigenvalue weighted by Crippen LogP contribution is 2.34. The average Bonchev–Trinajstić information content (AvgIpc) is 2.72. The molecule has 31 heavy (non-hydrogen) atoms. The van der Waals surface area contributed by atoms with Gasteiger partial charge in [-0.1, -0.05) is 12.1 Å². The Labute approximate surface area is 173 Å². The highest BCUT2D eigenvalue weighted by atomic mass is 19.4. The predicted octanol–water partition coefficient (Wildman–Crippen LogP) is 4.51. The lowest BCUT2D eigenvalue weighted by molar-refractivity contribution is -0.138. The van der Waals surface area contributed by atoms with E-state index in [4.69, 9.17) is 9.84 Å². The lowest BCUT2D eigenvalue weighted by Gasteiger charge is -2.13. The first-order valence-corrected chi connectivity index (χ1v) is 8.74. The Morgan fingerprint density at radius 3 is 2.39 bits per heavy atom. The van der Waals surface area contributed by atoms with Crippen molar-refractivity contribution < 1.29 is 37.0 Å². The Morgan fingerprint density at radius 2 is 1.77 bits per heavy atom. The molecule has 0 unspecified atom stereocenters. The van der Waals surface area contributed by atoms with Crippen LogP contribution in [-0.2, 0) is 11.0 Å². The second-order valence-electron chi connectivity index (χ2n) is 6.29. The van der Waals surface area contributed by atoms with Crippen LogP contribution in [0.5, 0.6) is 11.6 Å². The van der Waals surface area contributed by atoms with E-state index in [1.807, 2.05) is 0 Å². The molecule has 0 bridgehead atoms. The number of halogens is 4. The summed E-state index contributed by atoms with van der Waals surface area (Å²) in [5, 5.41) is 10.9. The van der Waals surface area contributed by atoms with Gasteiger partial charge in [-0.25, -0.2) is 9.37 Å². The monoisotopic (exact) mass is 434 g/mol. The SMILES string of the molecule is O=C(O)CNC(=O)c1cnc(Oc2ccc(C(F)(F)F)cc2)c(-c2cccc(F)c2)c1. The molecule has 0 aliphatic rings. The van der Waals surface area contributed by atoms with Gasteiger partial charge in [-0.05, 0) is 48.0 Å². The molecule has 1 heterocycles. The number of hydrogen-bond acceptors (Lipinski definition) is 4. The average molecular weight is 434 g/mol. The fourth-order valence-electron chi connectivity index (χ4n) is 2.60. The van der Waals surface area contributed by atoms with E-state index in [1.54, 1.807) is 0 Å². The third-order valence-corrected chi connectivity index (χ3v) is 4.05. The highest BCUT2D eigenvalue weighted by molar-refractivity contribution is 5.97. The summed E-state index contributed by atoms with van der Waals surface area (Å²) in [4.78, 5) is 26.8. The smallest absolute Gasteiger partial charge is 0.416 e. The van der Waals surface area contributed by atoms with E-state index in [2.05, 4.69) is 10.3 Å². The second kappa shape index (κ2) is 8.82. The maximum Gasteiger partial charge on any atom is 0.416 e. The van der Waals surface area contributed by atoms with E-state index < -0.39 is 36.0 Å². The molecule has 0 saturated heterocycles. The summed E-state index contributed by atoms with van der Waals surface area (Å²) in [6.45, 7) is -0.613. The summed E-state index contributed by atoms with van der Waals surface area (Å²) in [7, 11) is 0. The maximum atomic E-state index is 13.7. The van der Waals surface area contributed by atoms with E-state index in [-0.39, 0.29) is 22.8 Å². The molecule has 0 spiro atoms. The fourth-order valence-corrected chi connectivity index (χ4v) is 2.60. The number of carboxylic acids is 1. The number of carbonyl (C=O) groups excluding carboxylic acids is 1. The van der Waals surface area contributed by atoms with Crippen LogP contribution in [0.2, 0.25) is 0 Å². The predicted molar refractivity (Wildman–Crippen MR) is 101 cm³/mol. The van der Waals surface area contributed by atoms with Crippen molar-refractivity contribution in [2.45, 2.75) is 6.18 Å². The third-order valence-electron chi connectivity index (χ3n) is 4.05. The number of amides is 1. The molecule has 0 atom stereocenters. The number of carboxylic acid groups (broad SMARTS) is 1. The molecule has 0 fully saturated rings. The summed E-state index contributed by atoms with van der Waals surface area (Å²) >= 11 is 0. The number of nitrogens with one attached hydrogen (secondary N) is 1. The zero-order chi connectivity index (χ0) is 22.6. The molecule has 10 heteroatoms. The standard InChI is InChI=1S/C21H14F4N2O4/c22-15-3-1-2-12(8-15)17-9-13(19(30)26-11-18(28)29)10-27-20(17)31-16-6-4-14(5-7-16)21(23,24)25/h1-10H,11H2,(H,26,30)(H,28,29). The molecule has 2 aromatic carbocycles. The lowest BCUT2D eigenvalue weighted by Crippen LogP contribution is -2.29. The Balaban J connectivity index is 1.97. The van der Waals surface area contributed by atoms with Crippen LogP contribution in [0, 0.1) is 5.82 Å². The van der Waals surface area contributed by atoms with Gasteiger partial charge in [0.1, 0.15) is 18.1 Å². The van der Waals surface area contributed by atoms with Crippen molar-refractivity contribution >= 4 is 11.9 Å². The lowest BCUT2D eigenvalue weighted by atomic mass is 10.0. The topological polar surface area (TPSA) is 88.5 Å². The molecular formula is C21H14F4N2O4. The van der Waals surface area contributed by atoms with Gasteiger partial charge in [0.15, 0.2) is 0 Å². The van der Waals surface area contributed by atoms with E-state index >= 15 is 0 Å². The van der Waals surface area contributed by atoms with Crippen molar-refractivity contribution in [2.75, 3.05) is 6.54 Å². The van der Waals surface area contributed by atoms with Crippen molar-refractivity contribution in [1.29, 1.82) is 0 Å². The van der Waals surface area contributed by atoms with E-state index in [1.165, 1.54) is 24.3 Å². The number of ether oxygens (including phenoxy) is 1. The largest absolute Gasteiger partial charge is 0.480 e. The number of carbonyl (C=O) groups is 2. The number of hydrogen-bond donors (Lipinski definition) is 2. The number of aliphatic carboxylic acids is 1. The third kappa shape index (κ3) is 5.56. The van der Waals surface area contributed by atoms with Crippen molar-refractivity contribution in [3.8, 4) is 22.8 Å². The number of pyridine rings is 1. The molecule has 0 saturated carbocycles. The van der Waals surface area contributed by atoms with E-state index in [0.717, 1.165) is 36.5 Å². The Hall–Kier alpha value is -3.95. The van der Waals surface area contributed by atoms with E-state index in [9.17, 15) is 27.2 Å². The van der Waals surface area contributed by atoms with Gasteiger partial charge in [-0.15, -0.1) is 0 Å². The van der Waals surface area contributed by atoms with Gasteiger partial charge in [0.2, 0.25) is 5.88 Å². The van der Waals surface area contributed by atoms with E-state index in [0.29, 0.717) is 5.56 Å². The molecule has 160 valence electrons. The first kappa shape index (κ1) is 21.8. The van der Waals surface area contributed by atoms with Gasteiger partial charge >= 0.3 is 12.1 Å².